The van der Waals surface area contributed by atoms with Crippen molar-refractivity contribution in [3.05, 3.63) is 23.8 Å². The van der Waals surface area contributed by atoms with Crippen LogP contribution in [0.4, 0.5) is 0 Å². The molecule has 0 bridgehead atoms. The molecule has 1 aromatic rings. The molecule has 1 rings (SSSR count). The number of nitrogens with zero attached hydrogens (tertiary/aromatic N) is 1. The van der Waals surface area contributed by atoms with Gasteiger partial charge in [0.1, 0.15) is 0 Å². The van der Waals surface area contributed by atoms with E-state index in [4.69, 9.17) is 4.74 Å². The lowest BCUT2D eigenvalue weighted by atomic mass is 10.0. The van der Waals surface area contributed by atoms with Gasteiger partial charge in [-0.1, -0.05) is 13.0 Å². The molecule has 1 unspecified atom stereocenters. The third-order valence-electron chi connectivity index (χ3n) is 2.93. The van der Waals surface area contributed by atoms with Gasteiger partial charge >= 0.3 is 5.97 Å². The average molecular weight is 281 g/mol. The molecule has 1 aromatic carbocycles. The number of hydrogen-bond acceptors (Lipinski definition) is 4. The minimum Gasteiger partial charge on any atom is -0.504 e. The van der Waals surface area contributed by atoms with E-state index < -0.39 is 12.0 Å². The van der Waals surface area contributed by atoms with E-state index in [0.29, 0.717) is 18.5 Å². The topological polar surface area (TPSA) is 87.1 Å². The highest BCUT2D eigenvalue weighted by molar-refractivity contribution is 5.83. The van der Waals surface area contributed by atoms with Crippen molar-refractivity contribution < 1.29 is 24.5 Å². The van der Waals surface area contributed by atoms with Crippen molar-refractivity contribution in [3.8, 4) is 11.5 Å². The molecule has 0 fully saturated rings. The lowest BCUT2D eigenvalue weighted by Crippen LogP contribution is -2.38. The van der Waals surface area contributed by atoms with Gasteiger partial charge < -0.3 is 19.8 Å². The highest BCUT2D eigenvalue weighted by Crippen LogP contribution is 2.31. The molecule has 0 aliphatic heterocycles. The predicted octanol–water partition coefficient (Wildman–Crippen LogP) is 1.78. The number of carbonyl (C=O) groups is 2. The van der Waals surface area contributed by atoms with Gasteiger partial charge in [-0.2, -0.15) is 0 Å². The lowest BCUT2D eigenvalue weighted by molar-refractivity contribution is -0.149. The van der Waals surface area contributed by atoms with E-state index >= 15 is 0 Å². The first-order valence-corrected chi connectivity index (χ1v) is 6.29. The molecule has 1 amide bonds. The molecule has 0 heterocycles. The Morgan fingerprint density at radius 1 is 1.40 bits per heavy atom. The van der Waals surface area contributed by atoms with Crippen LogP contribution < -0.4 is 4.74 Å². The van der Waals surface area contributed by atoms with Crippen molar-refractivity contribution in [2.45, 2.75) is 26.3 Å². The van der Waals surface area contributed by atoms with Crippen LogP contribution in [0.1, 0.15) is 31.9 Å². The summed E-state index contributed by atoms with van der Waals surface area (Å²) < 4.78 is 4.92. The molecule has 0 aliphatic carbocycles. The van der Waals surface area contributed by atoms with Crippen molar-refractivity contribution in [2.75, 3.05) is 13.7 Å². The molecular formula is C14H19NO5. The molecule has 110 valence electrons. The summed E-state index contributed by atoms with van der Waals surface area (Å²) in [6.45, 7) is 3.52. The summed E-state index contributed by atoms with van der Waals surface area (Å²) in [6, 6.07) is 3.20. The van der Waals surface area contributed by atoms with Crippen molar-refractivity contribution in [1.82, 2.24) is 4.90 Å². The maximum Gasteiger partial charge on any atom is 0.331 e. The van der Waals surface area contributed by atoms with E-state index in [1.807, 2.05) is 6.92 Å². The summed E-state index contributed by atoms with van der Waals surface area (Å²) in [5, 5.41) is 19.1. The summed E-state index contributed by atoms with van der Waals surface area (Å²) >= 11 is 0. The number of aromatic hydroxyl groups is 1. The Kier molecular flexibility index (Phi) is 5.37. The number of rotatable bonds is 6. The van der Waals surface area contributed by atoms with Gasteiger partial charge in [-0.3, -0.25) is 4.79 Å². The molecule has 1 atom stereocenters. The summed E-state index contributed by atoms with van der Waals surface area (Å²) in [6.07, 6.45) is 0.644. The number of amides is 1. The first-order valence-electron chi connectivity index (χ1n) is 6.29. The van der Waals surface area contributed by atoms with Gasteiger partial charge in [0.25, 0.3) is 0 Å². The summed E-state index contributed by atoms with van der Waals surface area (Å²) in [5.41, 5.74) is 0.333. The molecule has 6 heteroatoms. The van der Waals surface area contributed by atoms with Crippen LogP contribution in [0.2, 0.25) is 0 Å². The van der Waals surface area contributed by atoms with Gasteiger partial charge in [0.05, 0.1) is 7.11 Å². The Bertz CT molecular complexity index is 500. The fourth-order valence-corrected chi connectivity index (χ4v) is 2.04. The van der Waals surface area contributed by atoms with Crippen LogP contribution in [0, 0.1) is 0 Å². The fraction of sp³-hybridized carbons (Fsp3) is 0.429. The number of phenols is 1. The van der Waals surface area contributed by atoms with Crippen LogP contribution >= 0.6 is 0 Å². The second-order valence-electron chi connectivity index (χ2n) is 4.38. The minimum absolute atomic E-state index is 0.156. The molecule has 0 aromatic heterocycles. The molecule has 20 heavy (non-hydrogen) atoms. The van der Waals surface area contributed by atoms with Crippen molar-refractivity contribution >= 4 is 11.9 Å². The van der Waals surface area contributed by atoms with Crippen LogP contribution in [-0.2, 0) is 9.59 Å². The SMILES string of the molecule is CCCN(C(C)=O)C(C(=O)O)c1ccc(OC)c(O)c1. The monoisotopic (exact) mass is 281 g/mol. The standard InChI is InChI=1S/C14H19NO5/c1-4-7-15(9(2)16)13(14(18)19)10-5-6-12(20-3)11(17)8-10/h5-6,8,13,17H,4,7H2,1-3H3,(H,18,19). The van der Waals surface area contributed by atoms with Gasteiger partial charge in [0.15, 0.2) is 17.5 Å². The molecule has 2 N–H and O–H groups in total. The lowest BCUT2D eigenvalue weighted by Gasteiger charge is -2.28. The van der Waals surface area contributed by atoms with E-state index in [9.17, 15) is 19.8 Å². The van der Waals surface area contributed by atoms with Gasteiger partial charge in [-0.25, -0.2) is 4.79 Å². The second-order valence-corrected chi connectivity index (χ2v) is 4.38. The van der Waals surface area contributed by atoms with Crippen LogP contribution in [-0.4, -0.2) is 40.6 Å². The maximum absolute atomic E-state index is 11.6. The fourth-order valence-electron chi connectivity index (χ4n) is 2.04. The quantitative estimate of drug-likeness (QED) is 0.830. The Balaban J connectivity index is 3.22. The first-order chi connectivity index (χ1) is 9.42. The van der Waals surface area contributed by atoms with E-state index in [1.165, 1.54) is 37.1 Å². The normalized spacial score (nSPS) is 11.8. The average Bonchev–Trinajstić information content (AvgIpc) is 2.37. The number of aliphatic carboxylic acids is 1. The van der Waals surface area contributed by atoms with Crippen molar-refractivity contribution in [3.63, 3.8) is 0 Å². The maximum atomic E-state index is 11.6. The molecule has 0 spiro atoms. The van der Waals surface area contributed by atoms with Crippen molar-refractivity contribution in [1.29, 1.82) is 0 Å². The molecule has 0 aliphatic rings. The number of carboxylic acids is 1. The van der Waals surface area contributed by atoms with Crippen LogP contribution in [0.25, 0.3) is 0 Å². The number of hydrogen-bond donors (Lipinski definition) is 2. The van der Waals surface area contributed by atoms with Crippen molar-refractivity contribution in [2.24, 2.45) is 0 Å². The predicted molar refractivity (Wildman–Crippen MR) is 72.7 cm³/mol. The number of methoxy groups -OCH3 is 1. The summed E-state index contributed by atoms with van der Waals surface area (Å²) in [7, 11) is 1.41. The zero-order valence-corrected chi connectivity index (χ0v) is 11.8. The highest BCUT2D eigenvalue weighted by atomic mass is 16.5. The molecule has 6 nitrogen and oxygen atoms in total. The summed E-state index contributed by atoms with van der Waals surface area (Å²) in [5.74, 6) is -1.37. The van der Waals surface area contributed by atoms with E-state index in [0.717, 1.165) is 0 Å². The largest absolute Gasteiger partial charge is 0.504 e. The number of phenolic OH excluding ortho intramolecular Hbond substituents is 1. The highest BCUT2D eigenvalue weighted by Gasteiger charge is 2.29. The summed E-state index contributed by atoms with van der Waals surface area (Å²) in [4.78, 5) is 24.4. The van der Waals surface area contributed by atoms with Crippen LogP contribution in [0.5, 0.6) is 11.5 Å². The number of ether oxygens (including phenoxy) is 1. The Hall–Kier alpha value is -2.24. The van der Waals surface area contributed by atoms with Gasteiger partial charge in [0.2, 0.25) is 5.91 Å². The third kappa shape index (κ3) is 3.40. The first kappa shape index (κ1) is 15.8. The van der Waals surface area contributed by atoms with Gasteiger partial charge in [-0.15, -0.1) is 0 Å². The second kappa shape index (κ2) is 6.79. The molecule has 0 saturated carbocycles. The zero-order chi connectivity index (χ0) is 15.3. The third-order valence-corrected chi connectivity index (χ3v) is 2.93. The number of benzene rings is 1. The zero-order valence-electron chi connectivity index (χ0n) is 11.8. The molecular weight excluding hydrogens is 262 g/mol. The molecule has 0 radical (unpaired) electrons. The Labute approximate surface area is 117 Å². The molecule has 0 saturated heterocycles. The van der Waals surface area contributed by atoms with Crippen LogP contribution in [0.15, 0.2) is 18.2 Å². The Morgan fingerprint density at radius 3 is 2.45 bits per heavy atom. The number of carbonyl (C=O) groups excluding carboxylic acids is 1. The van der Waals surface area contributed by atoms with E-state index in [1.54, 1.807) is 0 Å². The Morgan fingerprint density at radius 2 is 2.05 bits per heavy atom. The minimum atomic E-state index is -1.14. The van der Waals surface area contributed by atoms with E-state index in [2.05, 4.69) is 0 Å². The van der Waals surface area contributed by atoms with Crippen LogP contribution in [0.3, 0.4) is 0 Å². The smallest absolute Gasteiger partial charge is 0.331 e. The van der Waals surface area contributed by atoms with Gasteiger partial charge in [-0.05, 0) is 24.1 Å². The van der Waals surface area contributed by atoms with E-state index in [-0.39, 0.29) is 17.4 Å². The number of carboxylic acid groups (broad SMARTS) is 1. The van der Waals surface area contributed by atoms with Gasteiger partial charge in [0, 0.05) is 13.5 Å².